The summed E-state index contributed by atoms with van der Waals surface area (Å²) in [4.78, 5) is 11.6. The number of carbonyl (C=O) groups excluding carboxylic acids is 1. The van der Waals surface area contributed by atoms with Crippen LogP contribution in [-0.4, -0.2) is 36.5 Å². The van der Waals surface area contributed by atoms with Gasteiger partial charge in [-0.2, -0.15) is 0 Å². The third-order valence-electron chi connectivity index (χ3n) is 2.31. The molecule has 98 valence electrons. The number of hydrogen-bond acceptors (Lipinski definition) is 3. The number of likely N-dealkylation sites (N-methyl/N-ethyl adjacent to an activating group) is 1. The van der Waals surface area contributed by atoms with Gasteiger partial charge in [0.2, 0.25) is 5.91 Å². The molecule has 0 aliphatic rings. The summed E-state index contributed by atoms with van der Waals surface area (Å²) >= 11 is 1.74. The SMILES string of the molecule is CCCCSC(C)C(=O)NCC(C)NC.Cl. The maximum absolute atomic E-state index is 11.6. The van der Waals surface area contributed by atoms with E-state index >= 15 is 0 Å². The molecule has 16 heavy (non-hydrogen) atoms. The van der Waals surface area contributed by atoms with E-state index in [-0.39, 0.29) is 23.6 Å². The smallest absolute Gasteiger partial charge is 0.232 e. The standard InChI is InChI=1S/C11H24N2OS.ClH/c1-5-6-7-15-10(3)11(14)13-8-9(2)12-4;/h9-10,12H,5-8H2,1-4H3,(H,13,14);1H. The summed E-state index contributed by atoms with van der Waals surface area (Å²) in [5.74, 6) is 1.23. The zero-order valence-corrected chi connectivity index (χ0v) is 12.3. The summed E-state index contributed by atoms with van der Waals surface area (Å²) in [6, 6.07) is 0.335. The monoisotopic (exact) mass is 268 g/mol. The number of nitrogens with one attached hydrogen (secondary N) is 2. The molecule has 5 heteroatoms. The highest BCUT2D eigenvalue weighted by atomic mass is 35.5. The molecule has 0 rings (SSSR count). The van der Waals surface area contributed by atoms with Crippen molar-refractivity contribution in [2.24, 2.45) is 0 Å². The Bertz CT molecular complexity index is 181. The number of rotatable bonds is 8. The zero-order chi connectivity index (χ0) is 11.7. The van der Waals surface area contributed by atoms with Gasteiger partial charge in [-0.1, -0.05) is 13.3 Å². The second-order valence-electron chi connectivity index (χ2n) is 3.80. The summed E-state index contributed by atoms with van der Waals surface area (Å²) in [6.45, 7) is 6.89. The minimum Gasteiger partial charge on any atom is -0.354 e. The van der Waals surface area contributed by atoms with Crippen LogP contribution in [0.4, 0.5) is 0 Å². The van der Waals surface area contributed by atoms with Gasteiger partial charge in [0.15, 0.2) is 0 Å². The molecule has 0 saturated heterocycles. The molecule has 2 unspecified atom stereocenters. The predicted octanol–water partition coefficient (Wildman–Crippen LogP) is 2.05. The van der Waals surface area contributed by atoms with E-state index in [9.17, 15) is 4.79 Å². The molecule has 2 atom stereocenters. The average Bonchev–Trinajstić information content (AvgIpc) is 2.25. The van der Waals surface area contributed by atoms with Crippen LogP contribution < -0.4 is 10.6 Å². The lowest BCUT2D eigenvalue weighted by Crippen LogP contribution is -2.40. The van der Waals surface area contributed by atoms with Crippen molar-refractivity contribution in [2.75, 3.05) is 19.3 Å². The second kappa shape index (κ2) is 11.6. The van der Waals surface area contributed by atoms with E-state index in [2.05, 4.69) is 24.5 Å². The topological polar surface area (TPSA) is 41.1 Å². The zero-order valence-electron chi connectivity index (χ0n) is 10.7. The molecular weight excluding hydrogens is 244 g/mol. The van der Waals surface area contributed by atoms with Gasteiger partial charge in [-0.15, -0.1) is 24.2 Å². The van der Waals surface area contributed by atoms with Gasteiger partial charge < -0.3 is 10.6 Å². The average molecular weight is 269 g/mol. The van der Waals surface area contributed by atoms with Crippen LogP contribution in [0.3, 0.4) is 0 Å². The lowest BCUT2D eigenvalue weighted by atomic mass is 10.3. The Morgan fingerprint density at radius 2 is 2.00 bits per heavy atom. The summed E-state index contributed by atoms with van der Waals surface area (Å²) in [5.41, 5.74) is 0. The largest absolute Gasteiger partial charge is 0.354 e. The first kappa shape index (κ1) is 18.4. The van der Waals surface area contributed by atoms with Gasteiger partial charge in [0.1, 0.15) is 0 Å². The molecule has 2 N–H and O–H groups in total. The van der Waals surface area contributed by atoms with Crippen molar-refractivity contribution < 1.29 is 4.79 Å². The van der Waals surface area contributed by atoms with Crippen molar-refractivity contribution in [3.63, 3.8) is 0 Å². The molecule has 0 bridgehead atoms. The van der Waals surface area contributed by atoms with Crippen LogP contribution >= 0.6 is 24.2 Å². The van der Waals surface area contributed by atoms with Crippen LogP contribution in [0.25, 0.3) is 0 Å². The summed E-state index contributed by atoms with van der Waals surface area (Å²) in [6.07, 6.45) is 2.38. The fraction of sp³-hybridized carbons (Fsp3) is 0.909. The van der Waals surface area contributed by atoms with Crippen molar-refractivity contribution in [1.82, 2.24) is 10.6 Å². The van der Waals surface area contributed by atoms with Crippen LogP contribution in [0, 0.1) is 0 Å². The maximum Gasteiger partial charge on any atom is 0.232 e. The molecule has 0 aliphatic carbocycles. The van der Waals surface area contributed by atoms with E-state index in [1.807, 2.05) is 14.0 Å². The number of amides is 1. The van der Waals surface area contributed by atoms with Gasteiger partial charge >= 0.3 is 0 Å². The third-order valence-corrected chi connectivity index (χ3v) is 3.55. The Morgan fingerprint density at radius 3 is 2.50 bits per heavy atom. The summed E-state index contributed by atoms with van der Waals surface area (Å²) in [7, 11) is 1.90. The normalized spacial score (nSPS) is 13.8. The maximum atomic E-state index is 11.6. The Labute approximate surface area is 110 Å². The van der Waals surface area contributed by atoms with E-state index in [1.54, 1.807) is 11.8 Å². The molecular formula is C11H25ClN2OS. The Balaban J connectivity index is 0. The summed E-state index contributed by atoms with van der Waals surface area (Å²) in [5, 5.41) is 6.10. The van der Waals surface area contributed by atoms with Gasteiger partial charge in [0.25, 0.3) is 0 Å². The highest BCUT2D eigenvalue weighted by Gasteiger charge is 2.12. The Kier molecular flexibility index (Phi) is 13.3. The van der Waals surface area contributed by atoms with Crippen molar-refractivity contribution in [1.29, 1.82) is 0 Å². The van der Waals surface area contributed by atoms with E-state index in [0.717, 1.165) is 5.75 Å². The quantitative estimate of drug-likeness (QED) is 0.662. The molecule has 0 saturated carbocycles. The molecule has 0 aromatic carbocycles. The van der Waals surface area contributed by atoms with Crippen LogP contribution in [-0.2, 0) is 4.79 Å². The van der Waals surface area contributed by atoms with Gasteiger partial charge in [-0.3, -0.25) is 4.79 Å². The van der Waals surface area contributed by atoms with Crippen molar-refractivity contribution in [2.45, 2.75) is 44.9 Å². The minimum atomic E-state index is 0. The van der Waals surface area contributed by atoms with E-state index in [0.29, 0.717) is 12.6 Å². The number of halogens is 1. The summed E-state index contributed by atoms with van der Waals surface area (Å²) < 4.78 is 0. The van der Waals surface area contributed by atoms with E-state index < -0.39 is 0 Å². The van der Waals surface area contributed by atoms with Crippen molar-refractivity contribution in [3.05, 3.63) is 0 Å². The van der Waals surface area contributed by atoms with E-state index in [4.69, 9.17) is 0 Å². The number of unbranched alkanes of at least 4 members (excludes halogenated alkanes) is 1. The molecule has 0 aromatic rings. The van der Waals surface area contributed by atoms with Gasteiger partial charge in [0.05, 0.1) is 5.25 Å². The predicted molar refractivity (Wildman–Crippen MR) is 75.6 cm³/mol. The second-order valence-corrected chi connectivity index (χ2v) is 5.25. The highest BCUT2D eigenvalue weighted by Crippen LogP contribution is 2.12. The van der Waals surface area contributed by atoms with E-state index in [1.165, 1.54) is 12.8 Å². The molecule has 3 nitrogen and oxygen atoms in total. The van der Waals surface area contributed by atoms with Crippen molar-refractivity contribution in [3.8, 4) is 0 Å². The first-order chi connectivity index (χ1) is 7.11. The molecule has 0 radical (unpaired) electrons. The highest BCUT2D eigenvalue weighted by molar-refractivity contribution is 8.00. The lowest BCUT2D eigenvalue weighted by Gasteiger charge is -2.14. The lowest BCUT2D eigenvalue weighted by molar-refractivity contribution is -0.120. The van der Waals surface area contributed by atoms with Crippen molar-refractivity contribution >= 4 is 30.1 Å². The van der Waals surface area contributed by atoms with Crippen LogP contribution in [0.5, 0.6) is 0 Å². The molecule has 1 amide bonds. The van der Waals surface area contributed by atoms with Crippen LogP contribution in [0.15, 0.2) is 0 Å². The van der Waals surface area contributed by atoms with Gasteiger partial charge in [-0.05, 0) is 33.1 Å². The number of carbonyl (C=O) groups is 1. The molecule has 0 heterocycles. The van der Waals surface area contributed by atoms with Crippen LogP contribution in [0.1, 0.15) is 33.6 Å². The molecule has 0 spiro atoms. The Hall–Kier alpha value is 0.0700. The molecule has 0 fully saturated rings. The van der Waals surface area contributed by atoms with Gasteiger partial charge in [-0.25, -0.2) is 0 Å². The number of thioether (sulfide) groups is 1. The first-order valence-electron chi connectivity index (χ1n) is 5.68. The molecule has 0 aromatic heterocycles. The number of hydrogen-bond donors (Lipinski definition) is 2. The van der Waals surface area contributed by atoms with Gasteiger partial charge in [0, 0.05) is 12.6 Å². The third kappa shape index (κ3) is 9.31. The fourth-order valence-electron chi connectivity index (χ4n) is 0.980. The molecule has 0 aliphatic heterocycles. The minimum absolute atomic E-state index is 0. The fourth-order valence-corrected chi connectivity index (χ4v) is 2.02. The van der Waals surface area contributed by atoms with Crippen LogP contribution in [0.2, 0.25) is 0 Å². The first-order valence-corrected chi connectivity index (χ1v) is 6.73. The Morgan fingerprint density at radius 1 is 1.38 bits per heavy atom.